The van der Waals surface area contributed by atoms with Gasteiger partial charge >= 0.3 is 5.97 Å². The number of carbonyl (C=O) groups is 2. The number of esters is 1. The number of aromatic nitrogens is 2. The summed E-state index contributed by atoms with van der Waals surface area (Å²) < 4.78 is 5.23. The zero-order chi connectivity index (χ0) is 23.3. The van der Waals surface area contributed by atoms with Gasteiger partial charge < -0.3 is 15.0 Å². The Kier molecular flexibility index (Phi) is 7.63. The smallest absolute Gasteiger partial charge is 0.318 e. The van der Waals surface area contributed by atoms with Crippen molar-refractivity contribution in [1.82, 2.24) is 14.9 Å². The van der Waals surface area contributed by atoms with E-state index in [2.05, 4.69) is 17.2 Å². The summed E-state index contributed by atoms with van der Waals surface area (Å²) in [6.07, 6.45) is 10.5. The van der Waals surface area contributed by atoms with Crippen molar-refractivity contribution in [3.8, 4) is 0 Å². The van der Waals surface area contributed by atoms with Crippen LogP contribution in [0.5, 0.6) is 0 Å². The highest BCUT2D eigenvalue weighted by Gasteiger charge is 2.46. The molecular formula is C25H34N4O3S. The Morgan fingerprint density at radius 1 is 1.21 bits per heavy atom. The number of rotatable bonds is 7. The zero-order valence-electron chi connectivity index (χ0n) is 19.6. The number of hydrogen-bond donors (Lipinski definition) is 1. The van der Waals surface area contributed by atoms with E-state index in [1.807, 2.05) is 29.3 Å². The number of ether oxygens (including phenoxy) is 1. The van der Waals surface area contributed by atoms with Gasteiger partial charge in [-0.3, -0.25) is 9.59 Å². The minimum Gasteiger partial charge on any atom is -0.468 e. The van der Waals surface area contributed by atoms with Gasteiger partial charge in [0.15, 0.2) is 5.13 Å². The molecule has 2 aliphatic rings. The second-order valence-corrected chi connectivity index (χ2v) is 10.3. The van der Waals surface area contributed by atoms with Gasteiger partial charge in [-0.25, -0.2) is 9.97 Å². The van der Waals surface area contributed by atoms with Gasteiger partial charge in [-0.15, -0.1) is 11.3 Å². The molecule has 178 valence electrons. The van der Waals surface area contributed by atoms with Gasteiger partial charge in [0, 0.05) is 30.1 Å². The molecule has 8 heteroatoms. The van der Waals surface area contributed by atoms with Crippen LogP contribution in [0.3, 0.4) is 0 Å². The second-order valence-electron chi connectivity index (χ2n) is 9.15. The number of amides is 1. The molecule has 4 rings (SSSR count). The van der Waals surface area contributed by atoms with E-state index in [1.54, 1.807) is 11.3 Å². The molecule has 2 fully saturated rings. The van der Waals surface area contributed by atoms with Crippen LogP contribution in [0.2, 0.25) is 0 Å². The Morgan fingerprint density at radius 2 is 1.97 bits per heavy atom. The monoisotopic (exact) mass is 470 g/mol. The van der Waals surface area contributed by atoms with Crippen LogP contribution in [0.1, 0.15) is 68.9 Å². The molecule has 0 aromatic carbocycles. The summed E-state index contributed by atoms with van der Waals surface area (Å²) in [6.45, 7) is 3.26. The Morgan fingerprint density at radius 3 is 2.67 bits per heavy atom. The molecule has 33 heavy (non-hydrogen) atoms. The molecule has 0 spiro atoms. The number of piperidine rings is 1. The van der Waals surface area contributed by atoms with Crippen LogP contribution in [-0.4, -0.2) is 46.9 Å². The number of aryl methyl sites for hydroxylation is 1. The third-order valence-electron chi connectivity index (χ3n) is 6.98. The highest BCUT2D eigenvalue weighted by molar-refractivity contribution is 7.15. The minimum atomic E-state index is -0.841. The molecule has 1 aliphatic heterocycles. The molecule has 2 aromatic heterocycles. The average molecular weight is 471 g/mol. The van der Waals surface area contributed by atoms with Gasteiger partial charge in [0.1, 0.15) is 11.2 Å². The quantitative estimate of drug-likeness (QED) is 0.583. The first kappa shape index (κ1) is 23.7. The summed E-state index contributed by atoms with van der Waals surface area (Å²) in [6, 6.07) is 5.69. The third kappa shape index (κ3) is 5.21. The lowest BCUT2D eigenvalue weighted by atomic mass is 9.74. The number of anilines is 2. The Bertz CT molecular complexity index is 962. The lowest BCUT2D eigenvalue weighted by molar-refractivity contribution is -0.152. The van der Waals surface area contributed by atoms with Crippen LogP contribution in [0.15, 0.2) is 24.4 Å². The van der Waals surface area contributed by atoms with Gasteiger partial charge in [0.2, 0.25) is 5.91 Å². The zero-order valence-corrected chi connectivity index (χ0v) is 20.5. The molecular weight excluding hydrogens is 436 g/mol. The maximum Gasteiger partial charge on any atom is 0.318 e. The largest absolute Gasteiger partial charge is 0.468 e. The van der Waals surface area contributed by atoms with Gasteiger partial charge in [-0.2, -0.15) is 0 Å². The number of methoxy groups -OCH3 is 1. The van der Waals surface area contributed by atoms with E-state index in [1.165, 1.54) is 18.4 Å². The molecule has 1 saturated heterocycles. The SMILES string of the molecule is CCCc1cnc(Nc2cccc(C3(C(=O)OC)CCN(C(=O)C4CCCCC4)CC3)n2)s1. The van der Waals surface area contributed by atoms with E-state index in [0.717, 1.165) is 43.7 Å². The summed E-state index contributed by atoms with van der Waals surface area (Å²) in [5, 5.41) is 4.08. The molecule has 0 unspecified atom stereocenters. The molecule has 2 aromatic rings. The van der Waals surface area contributed by atoms with Crippen LogP contribution in [0, 0.1) is 5.92 Å². The van der Waals surface area contributed by atoms with Crippen LogP contribution >= 0.6 is 11.3 Å². The maximum absolute atomic E-state index is 13.0. The van der Waals surface area contributed by atoms with E-state index in [0.29, 0.717) is 37.4 Å². The van der Waals surface area contributed by atoms with Gasteiger partial charge in [0.25, 0.3) is 0 Å². The first-order valence-corrected chi connectivity index (χ1v) is 12.9. The molecule has 0 bridgehead atoms. The number of thiazole rings is 1. The normalized spacial score (nSPS) is 18.7. The molecule has 1 saturated carbocycles. The number of hydrogen-bond acceptors (Lipinski definition) is 7. The van der Waals surface area contributed by atoms with Crippen molar-refractivity contribution in [3.05, 3.63) is 35.0 Å². The van der Waals surface area contributed by atoms with Crippen molar-refractivity contribution in [1.29, 1.82) is 0 Å². The van der Waals surface area contributed by atoms with Crippen LogP contribution in [-0.2, 0) is 26.2 Å². The summed E-state index contributed by atoms with van der Waals surface area (Å²) in [5.41, 5.74) is -0.152. The fourth-order valence-corrected chi connectivity index (χ4v) is 6.01. The fourth-order valence-electron chi connectivity index (χ4n) is 5.08. The number of pyridine rings is 1. The van der Waals surface area contributed by atoms with Gasteiger partial charge in [0.05, 0.1) is 12.8 Å². The highest BCUT2D eigenvalue weighted by Crippen LogP contribution is 2.38. The minimum absolute atomic E-state index is 0.144. The van der Waals surface area contributed by atoms with Gasteiger partial charge in [-0.1, -0.05) is 38.7 Å². The van der Waals surface area contributed by atoms with E-state index in [-0.39, 0.29) is 17.8 Å². The summed E-state index contributed by atoms with van der Waals surface area (Å²) in [4.78, 5) is 38.5. The average Bonchev–Trinajstić information content (AvgIpc) is 3.30. The molecule has 0 radical (unpaired) electrons. The van der Waals surface area contributed by atoms with Gasteiger partial charge in [-0.05, 0) is 44.2 Å². The van der Waals surface area contributed by atoms with Crippen molar-refractivity contribution in [3.63, 3.8) is 0 Å². The molecule has 1 amide bonds. The lowest BCUT2D eigenvalue weighted by Crippen LogP contribution is -2.51. The number of likely N-dealkylation sites (tertiary alicyclic amines) is 1. The molecule has 7 nitrogen and oxygen atoms in total. The summed E-state index contributed by atoms with van der Waals surface area (Å²) in [7, 11) is 1.43. The van der Waals surface area contributed by atoms with Crippen molar-refractivity contribution >= 4 is 34.2 Å². The number of carbonyl (C=O) groups excluding carboxylic acids is 2. The molecule has 3 heterocycles. The highest BCUT2D eigenvalue weighted by atomic mass is 32.1. The first-order valence-electron chi connectivity index (χ1n) is 12.1. The second kappa shape index (κ2) is 10.6. The standard InChI is InChI=1S/C25H34N4O3S/c1-3-8-19-17-26-24(33-19)28-21-12-7-11-20(27-21)25(23(31)32-2)13-15-29(16-14-25)22(30)18-9-5-4-6-10-18/h7,11-12,17-18H,3-6,8-10,13-16H2,1-2H3,(H,26,27,28). The van der Waals surface area contributed by atoms with Crippen molar-refractivity contribution in [2.75, 3.05) is 25.5 Å². The molecule has 1 aliphatic carbocycles. The predicted octanol–water partition coefficient (Wildman–Crippen LogP) is 4.85. The van der Waals surface area contributed by atoms with Crippen LogP contribution < -0.4 is 5.32 Å². The van der Waals surface area contributed by atoms with Crippen molar-refractivity contribution in [2.24, 2.45) is 5.92 Å². The lowest BCUT2D eigenvalue weighted by Gasteiger charge is -2.40. The number of nitrogens with zero attached hydrogens (tertiary/aromatic N) is 3. The third-order valence-corrected chi connectivity index (χ3v) is 7.96. The van der Waals surface area contributed by atoms with Crippen LogP contribution in [0.4, 0.5) is 10.9 Å². The predicted molar refractivity (Wildman–Crippen MR) is 130 cm³/mol. The topological polar surface area (TPSA) is 84.4 Å². The Balaban J connectivity index is 1.50. The van der Waals surface area contributed by atoms with Crippen molar-refractivity contribution in [2.45, 2.75) is 70.1 Å². The summed E-state index contributed by atoms with van der Waals surface area (Å²) >= 11 is 1.62. The van der Waals surface area contributed by atoms with E-state index in [4.69, 9.17) is 9.72 Å². The number of nitrogens with one attached hydrogen (secondary N) is 1. The molecule has 1 N–H and O–H groups in total. The van der Waals surface area contributed by atoms with Crippen LogP contribution in [0.25, 0.3) is 0 Å². The fraction of sp³-hybridized carbons (Fsp3) is 0.600. The Labute approximate surface area is 200 Å². The molecule has 0 atom stereocenters. The first-order chi connectivity index (χ1) is 16.1. The van der Waals surface area contributed by atoms with Crippen molar-refractivity contribution < 1.29 is 14.3 Å². The van der Waals surface area contributed by atoms with E-state index in [9.17, 15) is 9.59 Å². The maximum atomic E-state index is 13.0. The summed E-state index contributed by atoms with van der Waals surface area (Å²) in [5.74, 6) is 0.777. The van der Waals surface area contributed by atoms with E-state index >= 15 is 0 Å². The Hall–Kier alpha value is -2.48. The van der Waals surface area contributed by atoms with E-state index < -0.39 is 5.41 Å².